The topological polar surface area (TPSA) is 71.3 Å². The van der Waals surface area contributed by atoms with E-state index in [1.807, 2.05) is 4.90 Å². The van der Waals surface area contributed by atoms with E-state index in [4.69, 9.17) is 11.6 Å². The number of hydrogen-bond donors (Lipinski definition) is 1. The molecule has 1 amide bonds. The van der Waals surface area contributed by atoms with Crippen LogP contribution >= 0.6 is 22.9 Å². The quantitative estimate of drug-likeness (QED) is 0.645. The maximum Gasteiger partial charge on any atom is 0.471 e. The SMILES string of the molecule is O=C(CN1CCc2sc(-c3noc(C(F)(F)F)n3)cc2C1)Nc1ccccc1Cl. The highest BCUT2D eigenvalue weighted by atomic mass is 35.5. The van der Waals surface area contributed by atoms with Crippen LogP contribution in [-0.4, -0.2) is 34.0 Å². The smallest absolute Gasteiger partial charge is 0.329 e. The van der Waals surface area contributed by atoms with Gasteiger partial charge < -0.3 is 9.84 Å². The van der Waals surface area contributed by atoms with Gasteiger partial charge in [0.25, 0.3) is 0 Å². The summed E-state index contributed by atoms with van der Waals surface area (Å²) in [5.41, 5.74) is 1.49. The molecule has 1 aromatic carbocycles. The Morgan fingerprint density at radius 3 is 2.86 bits per heavy atom. The first-order chi connectivity index (χ1) is 13.8. The first-order valence-corrected chi connectivity index (χ1v) is 9.78. The van der Waals surface area contributed by atoms with E-state index < -0.39 is 12.1 Å². The normalized spacial score (nSPS) is 14.6. The van der Waals surface area contributed by atoms with Gasteiger partial charge in [-0.15, -0.1) is 11.3 Å². The molecule has 3 heterocycles. The van der Waals surface area contributed by atoms with E-state index >= 15 is 0 Å². The number of nitrogens with zero attached hydrogens (tertiary/aromatic N) is 3. The first-order valence-electron chi connectivity index (χ1n) is 8.59. The molecule has 6 nitrogen and oxygen atoms in total. The predicted octanol–water partition coefficient (Wildman–Crippen LogP) is 4.47. The van der Waals surface area contributed by atoms with E-state index in [1.54, 1.807) is 30.3 Å². The molecule has 0 bridgehead atoms. The molecule has 4 rings (SSSR count). The zero-order chi connectivity index (χ0) is 20.6. The zero-order valence-electron chi connectivity index (χ0n) is 14.8. The van der Waals surface area contributed by atoms with Gasteiger partial charge in [0, 0.05) is 18.0 Å². The number of carbonyl (C=O) groups excluding carboxylic acids is 1. The molecule has 0 unspecified atom stereocenters. The van der Waals surface area contributed by atoms with Gasteiger partial charge in [0.2, 0.25) is 11.7 Å². The highest BCUT2D eigenvalue weighted by Gasteiger charge is 2.38. The Hall–Kier alpha value is -2.43. The number of nitrogens with one attached hydrogen (secondary N) is 1. The van der Waals surface area contributed by atoms with Gasteiger partial charge in [0.15, 0.2) is 0 Å². The van der Waals surface area contributed by atoms with Crippen LogP contribution in [0.15, 0.2) is 34.9 Å². The number of amides is 1. The molecule has 2 aromatic heterocycles. The average molecular weight is 443 g/mol. The monoisotopic (exact) mass is 442 g/mol. The Labute approximate surface area is 172 Å². The average Bonchev–Trinajstić information content (AvgIpc) is 3.29. The van der Waals surface area contributed by atoms with Crippen molar-refractivity contribution in [1.29, 1.82) is 0 Å². The lowest BCUT2D eigenvalue weighted by Crippen LogP contribution is -2.36. The Kier molecular flexibility index (Phi) is 5.32. The van der Waals surface area contributed by atoms with Crippen molar-refractivity contribution < 1.29 is 22.5 Å². The maximum atomic E-state index is 12.7. The third kappa shape index (κ3) is 4.44. The second-order valence-electron chi connectivity index (χ2n) is 6.47. The van der Waals surface area contributed by atoms with Crippen molar-refractivity contribution >= 4 is 34.5 Å². The minimum Gasteiger partial charge on any atom is -0.329 e. The Bertz CT molecular complexity index is 1050. The maximum absolute atomic E-state index is 12.7. The fourth-order valence-electron chi connectivity index (χ4n) is 3.03. The van der Waals surface area contributed by atoms with Crippen molar-refractivity contribution in [1.82, 2.24) is 15.0 Å². The van der Waals surface area contributed by atoms with Crippen molar-refractivity contribution in [3.05, 3.63) is 51.7 Å². The van der Waals surface area contributed by atoms with Crippen LogP contribution in [-0.2, 0) is 23.9 Å². The lowest BCUT2D eigenvalue weighted by Gasteiger charge is -2.26. The van der Waals surface area contributed by atoms with Crippen LogP contribution in [0.3, 0.4) is 0 Å². The lowest BCUT2D eigenvalue weighted by atomic mass is 10.1. The minimum atomic E-state index is -4.67. The summed E-state index contributed by atoms with van der Waals surface area (Å²) in [4.78, 5) is 19.3. The molecule has 0 spiro atoms. The van der Waals surface area contributed by atoms with E-state index in [0.717, 1.165) is 10.4 Å². The van der Waals surface area contributed by atoms with Crippen LogP contribution in [0.4, 0.5) is 18.9 Å². The van der Waals surface area contributed by atoms with Crippen LogP contribution in [0.2, 0.25) is 5.02 Å². The highest BCUT2D eigenvalue weighted by Crippen LogP contribution is 2.35. The third-order valence-corrected chi connectivity index (χ3v) is 5.91. The summed E-state index contributed by atoms with van der Waals surface area (Å²) in [6.45, 7) is 1.34. The standard InChI is InChI=1S/C18H14ClF3N4O2S/c19-11-3-1-2-4-12(11)23-15(27)9-26-6-5-13-10(8-26)7-14(29-13)16-24-17(28-25-16)18(20,21)22/h1-4,7H,5-6,8-9H2,(H,23,27). The predicted molar refractivity (Wildman–Crippen MR) is 102 cm³/mol. The largest absolute Gasteiger partial charge is 0.471 e. The number of rotatable bonds is 4. The van der Waals surface area contributed by atoms with Gasteiger partial charge in [-0.3, -0.25) is 9.69 Å². The molecule has 11 heteroatoms. The number of anilines is 1. The van der Waals surface area contributed by atoms with E-state index in [-0.39, 0.29) is 18.3 Å². The fourth-order valence-corrected chi connectivity index (χ4v) is 4.30. The number of hydrogen-bond acceptors (Lipinski definition) is 6. The second-order valence-corrected chi connectivity index (χ2v) is 8.01. The summed E-state index contributed by atoms with van der Waals surface area (Å²) < 4.78 is 42.3. The summed E-state index contributed by atoms with van der Waals surface area (Å²) in [5, 5.41) is 6.67. The lowest BCUT2D eigenvalue weighted by molar-refractivity contribution is -0.159. The summed E-state index contributed by atoms with van der Waals surface area (Å²) in [5.74, 6) is -1.64. The Morgan fingerprint density at radius 1 is 1.34 bits per heavy atom. The van der Waals surface area contributed by atoms with Crippen LogP contribution in [0, 0.1) is 0 Å². The number of halogens is 4. The van der Waals surface area contributed by atoms with E-state index in [9.17, 15) is 18.0 Å². The molecular formula is C18H14ClF3N4O2S. The van der Waals surface area contributed by atoms with Crippen molar-refractivity contribution in [3.63, 3.8) is 0 Å². The van der Waals surface area contributed by atoms with Gasteiger partial charge in [0.1, 0.15) is 0 Å². The van der Waals surface area contributed by atoms with E-state index in [0.29, 0.717) is 35.1 Å². The first kappa shape index (κ1) is 19.9. The van der Waals surface area contributed by atoms with Crippen LogP contribution < -0.4 is 5.32 Å². The minimum absolute atomic E-state index is 0.0836. The number of alkyl halides is 3. The highest BCUT2D eigenvalue weighted by molar-refractivity contribution is 7.15. The molecule has 0 fully saturated rings. The van der Waals surface area contributed by atoms with Gasteiger partial charge in [0.05, 0.1) is 22.1 Å². The number of aromatic nitrogens is 2. The van der Waals surface area contributed by atoms with Gasteiger partial charge in [-0.2, -0.15) is 18.2 Å². The van der Waals surface area contributed by atoms with Crippen molar-refractivity contribution in [2.24, 2.45) is 0 Å². The van der Waals surface area contributed by atoms with Gasteiger partial charge in [-0.25, -0.2) is 0 Å². The summed E-state index contributed by atoms with van der Waals surface area (Å²) in [7, 11) is 0. The molecule has 1 aliphatic rings. The zero-order valence-corrected chi connectivity index (χ0v) is 16.4. The second kappa shape index (κ2) is 7.77. The number of carbonyl (C=O) groups is 1. The Balaban J connectivity index is 1.42. The third-order valence-electron chi connectivity index (χ3n) is 4.35. The van der Waals surface area contributed by atoms with E-state index in [2.05, 4.69) is 20.0 Å². The molecule has 0 saturated carbocycles. The molecule has 29 heavy (non-hydrogen) atoms. The molecule has 0 aliphatic carbocycles. The number of benzene rings is 1. The van der Waals surface area contributed by atoms with Gasteiger partial charge in [-0.05, 0) is 30.2 Å². The van der Waals surface area contributed by atoms with Gasteiger partial charge >= 0.3 is 12.1 Å². The molecule has 3 aromatic rings. The Morgan fingerprint density at radius 2 is 2.14 bits per heavy atom. The summed E-state index contributed by atoms with van der Waals surface area (Å²) in [6, 6.07) is 8.73. The summed E-state index contributed by atoms with van der Waals surface area (Å²) >= 11 is 7.39. The van der Waals surface area contributed by atoms with E-state index in [1.165, 1.54) is 11.3 Å². The van der Waals surface area contributed by atoms with Crippen LogP contribution in [0.25, 0.3) is 10.7 Å². The van der Waals surface area contributed by atoms with Gasteiger partial charge in [-0.1, -0.05) is 28.9 Å². The number of fused-ring (bicyclic) bond motifs is 1. The molecule has 0 saturated heterocycles. The van der Waals surface area contributed by atoms with Crippen LogP contribution in [0.5, 0.6) is 0 Å². The molecular weight excluding hydrogens is 429 g/mol. The molecule has 152 valence electrons. The van der Waals surface area contributed by atoms with Crippen LogP contribution in [0.1, 0.15) is 16.3 Å². The summed E-state index contributed by atoms with van der Waals surface area (Å²) in [6.07, 6.45) is -3.99. The molecule has 0 radical (unpaired) electrons. The van der Waals surface area contributed by atoms with Crippen molar-refractivity contribution in [2.45, 2.75) is 19.1 Å². The molecule has 0 atom stereocenters. The fraction of sp³-hybridized carbons (Fsp3) is 0.278. The van der Waals surface area contributed by atoms with Crippen molar-refractivity contribution in [3.8, 4) is 10.7 Å². The van der Waals surface area contributed by atoms with Crippen molar-refractivity contribution in [2.75, 3.05) is 18.4 Å². The molecule has 1 aliphatic heterocycles. The number of thiophene rings is 1. The molecule has 1 N–H and O–H groups in total. The number of para-hydroxylation sites is 1.